The Kier molecular flexibility index (Phi) is 9.56. The summed E-state index contributed by atoms with van der Waals surface area (Å²) in [7, 11) is 0. The summed E-state index contributed by atoms with van der Waals surface area (Å²) in [5.41, 5.74) is 0. The van der Waals surface area contributed by atoms with E-state index >= 15 is 0 Å². The minimum absolute atomic E-state index is 0.553. The van der Waals surface area contributed by atoms with Gasteiger partial charge in [-0.2, -0.15) is 0 Å². The van der Waals surface area contributed by atoms with Crippen LogP contribution in [0.1, 0.15) is 0 Å². The fourth-order valence-corrected chi connectivity index (χ4v) is 0. The van der Waals surface area contributed by atoms with E-state index in [1.807, 2.05) is 0 Å². The van der Waals surface area contributed by atoms with Gasteiger partial charge in [0.1, 0.15) is 0 Å². The third-order valence-corrected chi connectivity index (χ3v) is 0.175. The van der Waals surface area contributed by atoms with Crippen LogP contribution in [0.2, 0.25) is 0 Å². The van der Waals surface area contributed by atoms with Crippen LogP contribution in [0.25, 0.3) is 0 Å². The molecule has 0 spiro atoms. The van der Waals surface area contributed by atoms with Crippen molar-refractivity contribution < 1.29 is 44.5 Å². The SMILES string of the molecule is C=CC(=O)O.O=[C](O)[Zr]. The molecule has 0 aliphatic heterocycles. The van der Waals surface area contributed by atoms with Crippen molar-refractivity contribution in [1.82, 2.24) is 0 Å². The molecule has 0 amide bonds. The molecule has 0 atom stereocenters. The van der Waals surface area contributed by atoms with Gasteiger partial charge in [-0.15, -0.1) is 0 Å². The van der Waals surface area contributed by atoms with Crippen LogP contribution in [0.5, 0.6) is 0 Å². The molecule has 0 bridgehead atoms. The molecule has 0 aliphatic rings. The van der Waals surface area contributed by atoms with E-state index in [2.05, 4.69) is 6.58 Å². The number of carboxylic acids is 1. The van der Waals surface area contributed by atoms with Crippen LogP contribution in [-0.4, -0.2) is 19.9 Å². The van der Waals surface area contributed by atoms with Gasteiger partial charge < -0.3 is 5.11 Å². The maximum atomic E-state index is 9.25. The standard InChI is InChI=1S/C3H4O2.CHO2.Zr/c1-2-3(4)5;2-1-3;/h2H,1H2,(H,4,5);(H,2,3);. The summed E-state index contributed by atoms with van der Waals surface area (Å²) in [4.78, 5) is 18.3. The maximum absolute atomic E-state index is 9.25. The Morgan fingerprint density at radius 2 is 1.56 bits per heavy atom. The zero-order chi connectivity index (χ0) is 7.86. The van der Waals surface area contributed by atoms with Crippen molar-refractivity contribution >= 4 is 9.65 Å². The van der Waals surface area contributed by atoms with Crippen LogP contribution < -0.4 is 0 Å². The first-order valence-corrected chi connectivity index (χ1v) is 3.03. The van der Waals surface area contributed by atoms with Crippen molar-refractivity contribution in [1.29, 1.82) is 0 Å². The minimum atomic E-state index is -0.981. The fourth-order valence-electron chi connectivity index (χ4n) is 0. The van der Waals surface area contributed by atoms with E-state index in [1.54, 1.807) is 0 Å². The first kappa shape index (κ1) is 11.4. The van der Waals surface area contributed by atoms with Gasteiger partial charge in [-0.1, -0.05) is 6.58 Å². The van der Waals surface area contributed by atoms with E-state index in [0.717, 1.165) is 6.08 Å². The average Bonchev–Trinajstić information content (AvgIpc) is 1.65. The molecule has 0 heterocycles. The van der Waals surface area contributed by atoms with Crippen LogP contribution in [0.15, 0.2) is 12.7 Å². The molecule has 0 unspecified atom stereocenters. The zero-order valence-corrected chi connectivity index (χ0v) is 6.95. The molecular weight excluding hydrogens is 203 g/mol. The van der Waals surface area contributed by atoms with Gasteiger partial charge in [0, 0.05) is 6.08 Å². The van der Waals surface area contributed by atoms with Crippen molar-refractivity contribution in [2.45, 2.75) is 0 Å². The molecule has 49 valence electrons. The van der Waals surface area contributed by atoms with Gasteiger partial charge in [-0.3, -0.25) is 0 Å². The molecule has 0 aromatic rings. The molecule has 0 rings (SSSR count). The predicted molar refractivity (Wildman–Crippen MR) is 25.9 cm³/mol. The fraction of sp³-hybridized carbons (Fsp3) is 0. The third-order valence-electron chi connectivity index (χ3n) is 0.175. The van der Waals surface area contributed by atoms with Crippen molar-refractivity contribution in [3.8, 4) is 0 Å². The second-order valence-corrected chi connectivity index (χ2v) is 1.90. The number of carbonyl (C=O) groups is 2. The summed E-state index contributed by atoms with van der Waals surface area (Å²) in [6, 6.07) is 0. The van der Waals surface area contributed by atoms with Crippen molar-refractivity contribution in [2.24, 2.45) is 0 Å². The first-order valence-electron chi connectivity index (χ1n) is 1.80. The molecule has 9 heavy (non-hydrogen) atoms. The number of hydrogen-bond donors (Lipinski definition) is 2. The van der Waals surface area contributed by atoms with Gasteiger partial charge in [0.05, 0.1) is 0 Å². The molecule has 0 aliphatic carbocycles. The molecule has 0 saturated heterocycles. The van der Waals surface area contributed by atoms with E-state index < -0.39 is 9.65 Å². The molecule has 2 N–H and O–H groups in total. The van der Waals surface area contributed by atoms with Crippen molar-refractivity contribution in [3.63, 3.8) is 0 Å². The Balaban J connectivity index is 0. The predicted octanol–water partition coefficient (Wildman–Crippen LogP) is 0.468. The summed E-state index contributed by atoms with van der Waals surface area (Å²) < 4.78 is -0.743. The topological polar surface area (TPSA) is 74.6 Å². The molecule has 5 heteroatoms. The summed E-state index contributed by atoms with van der Waals surface area (Å²) >= 11 is 0.553. The van der Waals surface area contributed by atoms with Gasteiger partial charge in [-0.05, 0) is 0 Å². The molecule has 0 radical (unpaired) electrons. The number of rotatable bonds is 1. The van der Waals surface area contributed by atoms with Gasteiger partial charge >= 0.3 is 44.3 Å². The normalized spacial score (nSPS) is 6.11. The number of hydrogen-bond acceptors (Lipinski definition) is 2. The van der Waals surface area contributed by atoms with E-state index in [4.69, 9.17) is 15.0 Å². The Morgan fingerprint density at radius 3 is 1.56 bits per heavy atom. The molecule has 0 fully saturated rings. The van der Waals surface area contributed by atoms with Gasteiger partial charge in [-0.25, -0.2) is 4.79 Å². The average molecular weight is 208 g/mol. The summed E-state index contributed by atoms with van der Waals surface area (Å²) in [5.74, 6) is -0.981. The number of aliphatic carboxylic acids is 1. The Bertz CT molecular complexity index is 116. The van der Waals surface area contributed by atoms with Gasteiger partial charge in [0.2, 0.25) is 0 Å². The van der Waals surface area contributed by atoms with Gasteiger partial charge in [0.15, 0.2) is 0 Å². The monoisotopic (exact) mass is 207 g/mol. The van der Waals surface area contributed by atoms with Crippen LogP contribution in [-0.2, 0) is 29.5 Å². The van der Waals surface area contributed by atoms with Crippen LogP contribution in [0, 0.1) is 0 Å². The number of carboxylic acid groups (broad SMARTS) is 2. The Hall–Kier alpha value is -0.437. The van der Waals surface area contributed by atoms with E-state index in [-0.39, 0.29) is 0 Å². The molecule has 0 saturated carbocycles. The van der Waals surface area contributed by atoms with E-state index in [0.29, 0.717) is 24.7 Å². The third kappa shape index (κ3) is 95.8. The van der Waals surface area contributed by atoms with Gasteiger partial charge in [0.25, 0.3) is 0 Å². The molecule has 4 nitrogen and oxygen atoms in total. The molecule has 0 aromatic carbocycles. The van der Waals surface area contributed by atoms with Crippen LogP contribution >= 0.6 is 0 Å². The molecular formula is C4H5O4Zr. The van der Waals surface area contributed by atoms with Crippen molar-refractivity contribution in [3.05, 3.63) is 12.7 Å². The molecule has 0 aromatic heterocycles. The van der Waals surface area contributed by atoms with Crippen molar-refractivity contribution in [2.75, 3.05) is 0 Å². The summed E-state index contributed by atoms with van der Waals surface area (Å²) in [6.45, 7) is 2.96. The first-order chi connectivity index (χ1) is 4.00. The summed E-state index contributed by atoms with van der Waals surface area (Å²) in [5, 5.41) is 15.1. The van der Waals surface area contributed by atoms with Crippen LogP contribution in [0.4, 0.5) is 4.79 Å². The Labute approximate surface area is 67.0 Å². The van der Waals surface area contributed by atoms with E-state index in [1.165, 1.54) is 0 Å². The second kappa shape index (κ2) is 7.56. The summed E-state index contributed by atoms with van der Waals surface area (Å²) in [6.07, 6.45) is 0.833. The Morgan fingerprint density at radius 1 is 1.44 bits per heavy atom. The van der Waals surface area contributed by atoms with Crippen LogP contribution in [0.3, 0.4) is 0 Å². The quantitative estimate of drug-likeness (QED) is 0.614. The van der Waals surface area contributed by atoms with E-state index in [9.17, 15) is 4.79 Å². The zero-order valence-electron chi connectivity index (χ0n) is 4.50. The second-order valence-electron chi connectivity index (χ2n) is 0.848.